The molecule has 0 aliphatic carbocycles. The Kier molecular flexibility index (Phi) is 3.99. The number of hydrogen-bond acceptors (Lipinski definition) is 5. The van der Waals surface area contributed by atoms with E-state index in [1.54, 1.807) is 16.0 Å². The standard InChI is InChI=1S/C12H15N3O2S/c1-15-6-5-11(14-15)13-8-10-4-3-9(18-10)7-12(16)17-2/h3-6H,7-8H2,1-2H3,(H,13,14). The van der Waals surface area contributed by atoms with Gasteiger partial charge in [-0.15, -0.1) is 11.3 Å². The van der Waals surface area contributed by atoms with Crippen LogP contribution in [0.5, 0.6) is 0 Å². The van der Waals surface area contributed by atoms with Crippen LogP contribution in [0.3, 0.4) is 0 Å². The number of carbonyl (C=O) groups is 1. The lowest BCUT2D eigenvalue weighted by molar-refractivity contribution is -0.139. The van der Waals surface area contributed by atoms with Gasteiger partial charge in [-0.25, -0.2) is 0 Å². The average molecular weight is 265 g/mol. The molecule has 2 aromatic heterocycles. The maximum Gasteiger partial charge on any atom is 0.310 e. The van der Waals surface area contributed by atoms with Crippen molar-refractivity contribution in [2.45, 2.75) is 13.0 Å². The molecule has 1 N–H and O–H groups in total. The number of nitrogens with zero attached hydrogens (tertiary/aromatic N) is 2. The van der Waals surface area contributed by atoms with E-state index < -0.39 is 0 Å². The minimum Gasteiger partial charge on any atom is -0.469 e. The third kappa shape index (κ3) is 3.33. The molecule has 0 aliphatic rings. The number of anilines is 1. The highest BCUT2D eigenvalue weighted by Crippen LogP contribution is 2.18. The monoisotopic (exact) mass is 265 g/mol. The lowest BCUT2D eigenvalue weighted by Gasteiger charge is -1.99. The molecule has 0 bridgehead atoms. The molecule has 0 saturated carbocycles. The lowest BCUT2D eigenvalue weighted by Crippen LogP contribution is -2.02. The predicted molar refractivity (Wildman–Crippen MR) is 70.6 cm³/mol. The van der Waals surface area contributed by atoms with Crippen LogP contribution in [-0.2, 0) is 29.5 Å². The summed E-state index contributed by atoms with van der Waals surface area (Å²) in [6.07, 6.45) is 2.23. The van der Waals surface area contributed by atoms with Crippen molar-refractivity contribution in [3.8, 4) is 0 Å². The molecule has 0 aliphatic heterocycles. The number of thiophene rings is 1. The molecule has 0 aromatic carbocycles. The Bertz CT molecular complexity index is 533. The van der Waals surface area contributed by atoms with Crippen molar-refractivity contribution in [3.05, 3.63) is 34.2 Å². The highest BCUT2D eigenvalue weighted by atomic mass is 32.1. The summed E-state index contributed by atoms with van der Waals surface area (Å²) >= 11 is 1.60. The van der Waals surface area contributed by atoms with E-state index in [4.69, 9.17) is 0 Å². The first-order valence-electron chi connectivity index (χ1n) is 5.55. The number of aryl methyl sites for hydroxylation is 1. The smallest absolute Gasteiger partial charge is 0.310 e. The van der Waals surface area contributed by atoms with Gasteiger partial charge in [0, 0.05) is 29.1 Å². The summed E-state index contributed by atoms with van der Waals surface area (Å²) in [7, 11) is 3.28. The van der Waals surface area contributed by atoms with Gasteiger partial charge in [-0.1, -0.05) is 0 Å². The lowest BCUT2D eigenvalue weighted by atomic mass is 10.3. The summed E-state index contributed by atoms with van der Waals surface area (Å²) in [6, 6.07) is 5.89. The van der Waals surface area contributed by atoms with Crippen molar-refractivity contribution in [2.75, 3.05) is 12.4 Å². The Hall–Kier alpha value is -1.82. The zero-order valence-corrected chi connectivity index (χ0v) is 11.2. The van der Waals surface area contributed by atoms with E-state index in [0.29, 0.717) is 13.0 Å². The fourth-order valence-corrected chi connectivity index (χ4v) is 2.46. The fourth-order valence-electron chi connectivity index (χ4n) is 1.51. The van der Waals surface area contributed by atoms with E-state index in [9.17, 15) is 4.79 Å². The van der Waals surface area contributed by atoms with E-state index in [-0.39, 0.29) is 5.97 Å². The summed E-state index contributed by atoms with van der Waals surface area (Å²) < 4.78 is 6.38. The first-order chi connectivity index (χ1) is 8.67. The van der Waals surface area contributed by atoms with Gasteiger partial charge in [0.1, 0.15) is 5.82 Å². The zero-order chi connectivity index (χ0) is 13.0. The van der Waals surface area contributed by atoms with Gasteiger partial charge in [-0.05, 0) is 12.1 Å². The summed E-state index contributed by atoms with van der Waals surface area (Å²) in [5.74, 6) is 0.640. The van der Waals surface area contributed by atoms with Crippen LogP contribution in [0.4, 0.5) is 5.82 Å². The Morgan fingerprint density at radius 1 is 1.44 bits per heavy atom. The van der Waals surface area contributed by atoms with Crippen molar-refractivity contribution in [1.29, 1.82) is 0 Å². The molecule has 18 heavy (non-hydrogen) atoms. The molecule has 2 heterocycles. The second kappa shape index (κ2) is 5.68. The van der Waals surface area contributed by atoms with Gasteiger partial charge in [-0.2, -0.15) is 5.10 Å². The molecule has 0 spiro atoms. The Morgan fingerprint density at radius 3 is 2.89 bits per heavy atom. The van der Waals surface area contributed by atoms with Crippen LogP contribution in [0.25, 0.3) is 0 Å². The Labute approximate surface area is 109 Å². The second-order valence-corrected chi connectivity index (χ2v) is 5.10. The summed E-state index contributed by atoms with van der Waals surface area (Å²) in [4.78, 5) is 13.3. The molecule has 0 radical (unpaired) electrons. The quantitative estimate of drug-likeness (QED) is 0.838. The molecule has 5 nitrogen and oxygen atoms in total. The van der Waals surface area contributed by atoms with Crippen molar-refractivity contribution in [2.24, 2.45) is 7.05 Å². The van der Waals surface area contributed by atoms with Crippen LogP contribution in [0.2, 0.25) is 0 Å². The summed E-state index contributed by atoms with van der Waals surface area (Å²) in [5, 5.41) is 7.45. The molecule has 2 rings (SSSR count). The molecule has 0 saturated heterocycles. The molecular weight excluding hydrogens is 250 g/mol. The van der Waals surface area contributed by atoms with Gasteiger partial charge in [0.25, 0.3) is 0 Å². The first kappa shape index (κ1) is 12.6. The maximum absolute atomic E-state index is 11.1. The van der Waals surface area contributed by atoms with Gasteiger partial charge < -0.3 is 10.1 Å². The molecule has 2 aromatic rings. The Balaban J connectivity index is 1.88. The van der Waals surface area contributed by atoms with Crippen molar-refractivity contribution >= 4 is 23.1 Å². The van der Waals surface area contributed by atoms with E-state index >= 15 is 0 Å². The highest BCUT2D eigenvalue weighted by molar-refractivity contribution is 7.12. The number of hydrogen-bond donors (Lipinski definition) is 1. The van der Waals surface area contributed by atoms with Crippen LogP contribution < -0.4 is 5.32 Å². The van der Waals surface area contributed by atoms with Crippen LogP contribution in [-0.4, -0.2) is 22.9 Å². The highest BCUT2D eigenvalue weighted by Gasteiger charge is 2.06. The van der Waals surface area contributed by atoms with Gasteiger partial charge in [0.2, 0.25) is 0 Å². The van der Waals surface area contributed by atoms with Gasteiger partial charge in [-0.3, -0.25) is 9.48 Å². The number of aromatic nitrogens is 2. The van der Waals surface area contributed by atoms with E-state index in [0.717, 1.165) is 10.7 Å². The van der Waals surface area contributed by atoms with E-state index in [1.807, 2.05) is 31.4 Å². The number of carbonyl (C=O) groups excluding carboxylic acids is 1. The minimum absolute atomic E-state index is 0.207. The van der Waals surface area contributed by atoms with Crippen LogP contribution in [0.1, 0.15) is 9.75 Å². The van der Waals surface area contributed by atoms with Gasteiger partial charge >= 0.3 is 5.97 Å². The molecule has 96 valence electrons. The summed E-state index contributed by atoms with van der Waals surface area (Å²) in [5.41, 5.74) is 0. The van der Waals surface area contributed by atoms with Crippen LogP contribution in [0.15, 0.2) is 24.4 Å². The fraction of sp³-hybridized carbons (Fsp3) is 0.333. The molecule has 6 heteroatoms. The van der Waals surface area contributed by atoms with Crippen LogP contribution in [0, 0.1) is 0 Å². The van der Waals surface area contributed by atoms with Gasteiger partial charge in [0.05, 0.1) is 20.1 Å². The second-order valence-electron chi connectivity index (χ2n) is 3.85. The number of esters is 1. The number of ether oxygens (including phenoxy) is 1. The van der Waals surface area contributed by atoms with Crippen LogP contribution >= 0.6 is 11.3 Å². The predicted octanol–water partition coefficient (Wildman–Crippen LogP) is 1.81. The maximum atomic E-state index is 11.1. The zero-order valence-electron chi connectivity index (χ0n) is 10.3. The first-order valence-corrected chi connectivity index (χ1v) is 6.37. The van der Waals surface area contributed by atoms with Gasteiger partial charge in [0.15, 0.2) is 0 Å². The molecule has 0 amide bonds. The Morgan fingerprint density at radius 2 is 2.22 bits per heavy atom. The third-order valence-corrected chi connectivity index (χ3v) is 3.51. The topological polar surface area (TPSA) is 56.1 Å². The third-order valence-electron chi connectivity index (χ3n) is 2.42. The minimum atomic E-state index is -0.207. The normalized spacial score (nSPS) is 10.3. The SMILES string of the molecule is COC(=O)Cc1ccc(CNc2ccn(C)n2)s1. The molecule has 0 fully saturated rings. The largest absolute Gasteiger partial charge is 0.469 e. The molecule has 0 unspecified atom stereocenters. The molecule has 0 atom stereocenters. The van der Waals surface area contributed by atoms with E-state index in [1.165, 1.54) is 12.0 Å². The van der Waals surface area contributed by atoms with E-state index in [2.05, 4.69) is 15.2 Å². The summed E-state index contributed by atoms with van der Waals surface area (Å²) in [6.45, 7) is 0.711. The average Bonchev–Trinajstić information content (AvgIpc) is 2.96. The number of methoxy groups -OCH3 is 1. The van der Waals surface area contributed by atoms with Crippen molar-refractivity contribution < 1.29 is 9.53 Å². The number of nitrogens with one attached hydrogen (secondary N) is 1. The van der Waals surface area contributed by atoms with Crippen molar-refractivity contribution in [3.63, 3.8) is 0 Å². The molecular formula is C12H15N3O2S. The number of rotatable bonds is 5. The van der Waals surface area contributed by atoms with Crippen molar-refractivity contribution in [1.82, 2.24) is 9.78 Å².